The summed E-state index contributed by atoms with van der Waals surface area (Å²) < 4.78 is 5.35. The van der Waals surface area contributed by atoms with E-state index in [2.05, 4.69) is 14.9 Å². The number of hydrogen-bond acceptors (Lipinski definition) is 6. The first-order chi connectivity index (χ1) is 10.7. The van der Waals surface area contributed by atoms with Crippen molar-refractivity contribution in [2.24, 2.45) is 0 Å². The van der Waals surface area contributed by atoms with Gasteiger partial charge in [0.1, 0.15) is 0 Å². The van der Waals surface area contributed by atoms with Crippen LogP contribution in [0, 0.1) is 6.92 Å². The molecule has 2 aromatic heterocycles. The highest BCUT2D eigenvalue weighted by Crippen LogP contribution is 2.38. The lowest BCUT2D eigenvalue weighted by Gasteiger charge is -2.13. The number of H-pyrrole nitrogens is 1. The zero-order valence-corrected chi connectivity index (χ0v) is 11.8. The molecule has 0 saturated heterocycles. The van der Waals surface area contributed by atoms with E-state index in [1.165, 1.54) is 18.6 Å². The topological polar surface area (TPSA) is 109 Å². The standard InChI is InChI=1S/C15H14N2O5/c1-8-4-11(22-20)14(10-6-16-7-17-10)15-13(8)9(2-3-18)5-12(19)21-15/h4-7,18,20H,2-3H2,1H3,(H,16,17). The van der Waals surface area contributed by atoms with Crippen LogP contribution in [-0.2, 0) is 6.42 Å². The van der Waals surface area contributed by atoms with Gasteiger partial charge in [0.15, 0.2) is 11.3 Å². The van der Waals surface area contributed by atoms with Crippen molar-refractivity contribution in [1.29, 1.82) is 0 Å². The summed E-state index contributed by atoms with van der Waals surface area (Å²) in [6.07, 6.45) is 3.33. The van der Waals surface area contributed by atoms with Gasteiger partial charge in [-0.05, 0) is 30.5 Å². The fourth-order valence-corrected chi connectivity index (χ4v) is 2.64. The van der Waals surface area contributed by atoms with Crippen LogP contribution in [0.1, 0.15) is 11.1 Å². The summed E-state index contributed by atoms with van der Waals surface area (Å²) >= 11 is 0. The molecular weight excluding hydrogens is 288 g/mol. The molecule has 0 bridgehead atoms. The molecule has 3 aromatic rings. The predicted molar refractivity (Wildman–Crippen MR) is 78.8 cm³/mol. The van der Waals surface area contributed by atoms with Crippen LogP contribution in [-0.4, -0.2) is 26.9 Å². The van der Waals surface area contributed by atoms with E-state index in [1.54, 1.807) is 6.07 Å². The highest BCUT2D eigenvalue weighted by molar-refractivity contribution is 5.98. The molecule has 114 valence electrons. The minimum absolute atomic E-state index is 0.0877. The molecule has 2 heterocycles. The lowest BCUT2D eigenvalue weighted by Crippen LogP contribution is -2.05. The number of nitrogens with zero attached hydrogens (tertiary/aromatic N) is 1. The molecule has 7 nitrogen and oxygen atoms in total. The zero-order valence-electron chi connectivity index (χ0n) is 11.8. The Hall–Kier alpha value is -2.64. The number of nitrogens with one attached hydrogen (secondary N) is 1. The summed E-state index contributed by atoms with van der Waals surface area (Å²) in [4.78, 5) is 23.1. The Labute approximate surface area is 124 Å². The molecule has 0 saturated carbocycles. The van der Waals surface area contributed by atoms with Crippen molar-refractivity contribution in [3.8, 4) is 17.0 Å². The molecule has 3 N–H and O–H groups in total. The molecule has 0 radical (unpaired) electrons. The number of hydrogen-bond donors (Lipinski definition) is 3. The van der Waals surface area contributed by atoms with Crippen LogP contribution in [0.25, 0.3) is 22.2 Å². The molecule has 22 heavy (non-hydrogen) atoms. The average Bonchev–Trinajstić information content (AvgIpc) is 3.00. The quantitative estimate of drug-likeness (QED) is 0.386. The zero-order chi connectivity index (χ0) is 15.7. The highest BCUT2D eigenvalue weighted by atomic mass is 17.1. The largest absolute Gasteiger partial charge is 0.422 e. The second kappa shape index (κ2) is 5.63. The van der Waals surface area contributed by atoms with Gasteiger partial charge in [-0.3, -0.25) is 0 Å². The number of benzene rings is 1. The maximum atomic E-state index is 11.8. The number of aromatic amines is 1. The first-order valence-corrected chi connectivity index (χ1v) is 6.67. The predicted octanol–water partition coefficient (Wildman–Crippen LogP) is 1.88. The van der Waals surface area contributed by atoms with Crippen molar-refractivity contribution in [1.82, 2.24) is 9.97 Å². The second-order valence-electron chi connectivity index (χ2n) is 4.89. The number of aryl methyl sites for hydroxylation is 1. The summed E-state index contributed by atoms with van der Waals surface area (Å²) in [5, 5.41) is 19.1. The van der Waals surface area contributed by atoms with E-state index >= 15 is 0 Å². The van der Waals surface area contributed by atoms with Gasteiger partial charge in [0.25, 0.3) is 0 Å². The maximum Gasteiger partial charge on any atom is 0.336 e. The SMILES string of the molecule is Cc1cc(OO)c(-c2cnc[nH]2)c2oc(=O)cc(CCO)c12. The number of rotatable bonds is 4. The molecule has 0 fully saturated rings. The first kappa shape index (κ1) is 14.3. The van der Waals surface area contributed by atoms with Crippen LogP contribution in [0.3, 0.4) is 0 Å². The van der Waals surface area contributed by atoms with Crippen molar-refractivity contribution in [2.75, 3.05) is 6.61 Å². The van der Waals surface area contributed by atoms with Crippen molar-refractivity contribution in [3.63, 3.8) is 0 Å². The number of fused-ring (bicyclic) bond motifs is 1. The molecule has 0 amide bonds. The smallest absolute Gasteiger partial charge is 0.336 e. The Bertz CT molecular complexity index is 868. The molecule has 0 spiro atoms. The maximum absolute atomic E-state index is 11.8. The number of aliphatic hydroxyl groups is 1. The molecule has 0 unspecified atom stereocenters. The summed E-state index contributed by atoms with van der Waals surface area (Å²) in [7, 11) is 0. The minimum Gasteiger partial charge on any atom is -0.422 e. The molecule has 7 heteroatoms. The van der Waals surface area contributed by atoms with Crippen molar-refractivity contribution in [3.05, 3.63) is 46.2 Å². The van der Waals surface area contributed by atoms with E-state index in [0.717, 1.165) is 5.56 Å². The minimum atomic E-state index is -0.536. The van der Waals surface area contributed by atoms with Gasteiger partial charge in [-0.15, -0.1) is 0 Å². The van der Waals surface area contributed by atoms with E-state index in [4.69, 9.17) is 9.67 Å². The Balaban J connectivity index is 2.47. The molecule has 1 aromatic carbocycles. The monoisotopic (exact) mass is 302 g/mol. The normalized spacial score (nSPS) is 11.0. The molecule has 0 aliphatic carbocycles. The van der Waals surface area contributed by atoms with E-state index in [-0.39, 0.29) is 17.9 Å². The molecule has 3 rings (SSSR count). The first-order valence-electron chi connectivity index (χ1n) is 6.67. The number of aromatic nitrogens is 2. The lowest BCUT2D eigenvalue weighted by molar-refractivity contribution is -0.137. The average molecular weight is 302 g/mol. The summed E-state index contributed by atoms with van der Waals surface area (Å²) in [5.74, 6) is 0.151. The van der Waals surface area contributed by atoms with Gasteiger partial charge in [-0.25, -0.2) is 15.0 Å². The highest BCUT2D eigenvalue weighted by Gasteiger charge is 2.20. The van der Waals surface area contributed by atoms with Gasteiger partial charge in [0.05, 0.1) is 23.8 Å². The van der Waals surface area contributed by atoms with E-state index in [0.29, 0.717) is 28.6 Å². The fourth-order valence-electron chi connectivity index (χ4n) is 2.64. The number of imidazole rings is 1. The Kier molecular flexibility index (Phi) is 3.66. The Morgan fingerprint density at radius 3 is 2.86 bits per heavy atom. The number of aliphatic hydroxyl groups excluding tert-OH is 1. The second-order valence-corrected chi connectivity index (χ2v) is 4.89. The van der Waals surface area contributed by atoms with Gasteiger partial charge in [-0.1, -0.05) is 0 Å². The Morgan fingerprint density at radius 1 is 1.41 bits per heavy atom. The molecule has 0 aliphatic heterocycles. The van der Waals surface area contributed by atoms with Crippen LogP contribution in [0.4, 0.5) is 0 Å². The van der Waals surface area contributed by atoms with E-state index in [1.807, 2.05) is 6.92 Å². The van der Waals surface area contributed by atoms with Gasteiger partial charge >= 0.3 is 5.63 Å². The lowest BCUT2D eigenvalue weighted by atomic mass is 9.98. The van der Waals surface area contributed by atoms with Crippen LogP contribution in [0.15, 0.2) is 33.9 Å². The van der Waals surface area contributed by atoms with Crippen LogP contribution >= 0.6 is 0 Å². The van der Waals surface area contributed by atoms with E-state index < -0.39 is 5.63 Å². The van der Waals surface area contributed by atoms with Gasteiger partial charge < -0.3 is 19.4 Å². The third kappa shape index (κ3) is 2.26. The third-order valence-electron chi connectivity index (χ3n) is 3.51. The van der Waals surface area contributed by atoms with Gasteiger partial charge in [0.2, 0.25) is 0 Å². The van der Waals surface area contributed by atoms with Crippen molar-refractivity contribution >= 4 is 11.0 Å². The third-order valence-corrected chi connectivity index (χ3v) is 3.51. The van der Waals surface area contributed by atoms with Crippen molar-refractivity contribution in [2.45, 2.75) is 13.3 Å². The van der Waals surface area contributed by atoms with Gasteiger partial charge in [-0.2, -0.15) is 0 Å². The van der Waals surface area contributed by atoms with Gasteiger partial charge in [0, 0.05) is 18.1 Å². The molecular formula is C15H14N2O5. The summed E-state index contributed by atoms with van der Waals surface area (Å²) in [6, 6.07) is 3.00. The summed E-state index contributed by atoms with van der Waals surface area (Å²) in [6.45, 7) is 1.72. The van der Waals surface area contributed by atoms with Crippen LogP contribution in [0.2, 0.25) is 0 Å². The van der Waals surface area contributed by atoms with Crippen LogP contribution in [0.5, 0.6) is 5.75 Å². The molecule has 0 atom stereocenters. The van der Waals surface area contributed by atoms with E-state index in [9.17, 15) is 9.90 Å². The summed E-state index contributed by atoms with van der Waals surface area (Å²) in [5.41, 5.74) is 2.12. The van der Waals surface area contributed by atoms with Crippen molar-refractivity contribution < 1.29 is 19.7 Å². The molecule has 0 aliphatic rings. The Morgan fingerprint density at radius 2 is 2.23 bits per heavy atom. The fraction of sp³-hybridized carbons (Fsp3) is 0.200. The van der Waals surface area contributed by atoms with Crippen LogP contribution < -0.4 is 10.5 Å².